The van der Waals surface area contributed by atoms with E-state index >= 15 is 0 Å². The van der Waals surface area contributed by atoms with Gasteiger partial charge in [-0.3, -0.25) is 0 Å². The van der Waals surface area contributed by atoms with Crippen molar-refractivity contribution in [2.75, 3.05) is 20.4 Å². The Kier molecular flexibility index (Phi) is 2.48. The minimum absolute atomic E-state index is 0.199. The number of hydrogen-bond donors (Lipinski definition) is 1. The van der Waals surface area contributed by atoms with Crippen molar-refractivity contribution in [3.63, 3.8) is 0 Å². The maximum Gasteiger partial charge on any atom is 0.231 e. The Balaban J connectivity index is 1.91. The first-order valence-electron chi connectivity index (χ1n) is 7.87. The molecule has 0 bridgehead atoms. The normalized spacial score (nSPS) is 29.9. The fraction of sp³-hybridized carbons (Fsp3) is 0.333. The lowest BCUT2D eigenvalue weighted by Gasteiger charge is -2.52. The van der Waals surface area contributed by atoms with Gasteiger partial charge in [0.15, 0.2) is 11.5 Å². The third kappa shape index (κ3) is 1.62. The molecule has 0 spiro atoms. The van der Waals surface area contributed by atoms with E-state index in [-0.39, 0.29) is 6.79 Å². The predicted octanol–water partition coefficient (Wildman–Crippen LogP) is 2.67. The number of hydroxylamine groups is 3. The molecular weight excluding hydrogens is 294 g/mol. The van der Waals surface area contributed by atoms with E-state index in [0.717, 1.165) is 33.6 Å². The third-order valence-electron chi connectivity index (χ3n) is 5.35. The molecule has 5 nitrogen and oxygen atoms in total. The smallest absolute Gasteiger partial charge is 0.231 e. The van der Waals surface area contributed by atoms with Crippen LogP contribution >= 0.6 is 0 Å². The topological polar surface area (TPSA) is 61.8 Å². The molecule has 0 amide bonds. The first kappa shape index (κ1) is 13.4. The van der Waals surface area contributed by atoms with Crippen LogP contribution in [0.1, 0.15) is 28.8 Å². The molecule has 1 N–H and O–H groups in total. The highest BCUT2D eigenvalue weighted by molar-refractivity contribution is 5.84. The quantitative estimate of drug-likeness (QED) is 0.600. The molecule has 2 aliphatic heterocycles. The second-order valence-corrected chi connectivity index (χ2v) is 6.68. The van der Waals surface area contributed by atoms with Crippen molar-refractivity contribution in [1.82, 2.24) is 0 Å². The molecule has 1 aliphatic carbocycles. The van der Waals surface area contributed by atoms with Crippen LogP contribution in [0.2, 0.25) is 0 Å². The molecule has 0 radical (unpaired) electrons. The van der Waals surface area contributed by atoms with Gasteiger partial charge in [0.1, 0.15) is 12.1 Å². The van der Waals surface area contributed by atoms with Crippen molar-refractivity contribution in [2.45, 2.75) is 18.6 Å². The Morgan fingerprint density at radius 3 is 2.96 bits per heavy atom. The second kappa shape index (κ2) is 4.26. The minimum atomic E-state index is -0.805. The number of quaternary nitrogens is 1. The molecule has 0 saturated carbocycles. The predicted molar refractivity (Wildman–Crippen MR) is 83.8 cm³/mol. The molecule has 118 valence electrons. The van der Waals surface area contributed by atoms with Gasteiger partial charge < -0.3 is 24.4 Å². The Labute approximate surface area is 133 Å². The summed E-state index contributed by atoms with van der Waals surface area (Å²) in [4.78, 5) is 0. The SMILES string of the molecule is C[N+]1([O-])CCc2cc3c(c4c2[C@@H]1[C@@H](O)c1ccccc1-4)OCO3. The molecule has 0 saturated heterocycles. The lowest BCUT2D eigenvalue weighted by atomic mass is 9.75. The van der Waals surface area contributed by atoms with E-state index in [0.29, 0.717) is 18.7 Å². The van der Waals surface area contributed by atoms with Crippen molar-refractivity contribution in [1.29, 1.82) is 0 Å². The number of nitrogens with zero attached hydrogens (tertiary/aromatic N) is 1. The van der Waals surface area contributed by atoms with Crippen molar-refractivity contribution in [2.24, 2.45) is 0 Å². The number of likely N-dealkylation sites (N-methyl/N-ethyl adjacent to an activating group) is 1. The van der Waals surface area contributed by atoms with E-state index < -0.39 is 16.8 Å². The van der Waals surface area contributed by atoms with Gasteiger partial charge >= 0.3 is 0 Å². The molecule has 0 aromatic heterocycles. The van der Waals surface area contributed by atoms with Gasteiger partial charge in [0.05, 0.1) is 13.6 Å². The number of rotatable bonds is 0. The number of aliphatic hydroxyl groups excluding tert-OH is 1. The van der Waals surface area contributed by atoms with Crippen molar-refractivity contribution in [3.05, 3.63) is 52.2 Å². The zero-order valence-electron chi connectivity index (χ0n) is 12.8. The fourth-order valence-corrected chi connectivity index (χ4v) is 4.29. The number of fused-ring (bicyclic) bond motifs is 4. The molecule has 2 aromatic rings. The van der Waals surface area contributed by atoms with Crippen LogP contribution in [0, 0.1) is 5.21 Å². The highest BCUT2D eigenvalue weighted by Crippen LogP contribution is 2.57. The molecule has 3 atom stereocenters. The van der Waals surface area contributed by atoms with Crippen LogP contribution in [-0.2, 0) is 6.42 Å². The van der Waals surface area contributed by atoms with Crippen LogP contribution < -0.4 is 9.47 Å². The molecule has 1 unspecified atom stereocenters. The minimum Gasteiger partial charge on any atom is -0.632 e. The first-order valence-corrected chi connectivity index (χ1v) is 7.87. The number of ether oxygens (including phenoxy) is 2. The largest absolute Gasteiger partial charge is 0.632 e. The monoisotopic (exact) mass is 311 g/mol. The van der Waals surface area contributed by atoms with Crippen LogP contribution in [0.3, 0.4) is 0 Å². The van der Waals surface area contributed by atoms with E-state index in [1.54, 1.807) is 7.05 Å². The fourth-order valence-electron chi connectivity index (χ4n) is 4.29. The molecular formula is C18H17NO4. The Hall–Kier alpha value is -2.08. The summed E-state index contributed by atoms with van der Waals surface area (Å²) in [6, 6.07) is 9.18. The molecule has 5 rings (SSSR count). The number of hydrogen-bond acceptors (Lipinski definition) is 4. The van der Waals surface area contributed by atoms with Gasteiger partial charge in [-0.2, -0.15) is 0 Å². The maximum atomic E-state index is 13.1. The third-order valence-corrected chi connectivity index (χ3v) is 5.35. The highest BCUT2D eigenvalue weighted by Gasteiger charge is 2.47. The average molecular weight is 311 g/mol. The number of aliphatic hydroxyl groups is 1. The summed E-state index contributed by atoms with van der Waals surface area (Å²) in [5, 5.41) is 24.0. The van der Waals surface area contributed by atoms with Crippen molar-refractivity contribution in [3.8, 4) is 22.6 Å². The van der Waals surface area contributed by atoms with E-state index in [4.69, 9.17) is 9.47 Å². The van der Waals surface area contributed by atoms with E-state index in [9.17, 15) is 10.3 Å². The van der Waals surface area contributed by atoms with Gasteiger partial charge in [-0.05, 0) is 22.8 Å². The highest BCUT2D eigenvalue weighted by atomic mass is 16.7. The van der Waals surface area contributed by atoms with E-state index in [1.807, 2.05) is 30.3 Å². The van der Waals surface area contributed by atoms with Crippen molar-refractivity contribution < 1.29 is 19.2 Å². The summed E-state index contributed by atoms with van der Waals surface area (Å²) in [5.41, 5.74) is 4.69. The molecule has 0 fully saturated rings. The second-order valence-electron chi connectivity index (χ2n) is 6.68. The van der Waals surface area contributed by atoms with Gasteiger partial charge in [0.25, 0.3) is 0 Å². The Bertz CT molecular complexity index is 830. The van der Waals surface area contributed by atoms with Gasteiger partial charge in [0, 0.05) is 17.5 Å². The van der Waals surface area contributed by atoms with Gasteiger partial charge in [-0.25, -0.2) is 0 Å². The zero-order valence-corrected chi connectivity index (χ0v) is 12.8. The first-order chi connectivity index (χ1) is 11.1. The summed E-state index contributed by atoms with van der Waals surface area (Å²) >= 11 is 0. The van der Waals surface area contributed by atoms with Crippen LogP contribution in [0.4, 0.5) is 0 Å². The van der Waals surface area contributed by atoms with Crippen molar-refractivity contribution >= 4 is 0 Å². The van der Waals surface area contributed by atoms with Crippen LogP contribution in [0.5, 0.6) is 11.5 Å². The van der Waals surface area contributed by atoms with Gasteiger partial charge in [0.2, 0.25) is 6.79 Å². The van der Waals surface area contributed by atoms with Crippen LogP contribution in [-0.4, -0.2) is 30.1 Å². The van der Waals surface area contributed by atoms with Crippen LogP contribution in [0.25, 0.3) is 11.1 Å². The van der Waals surface area contributed by atoms with E-state index in [1.165, 1.54) is 0 Å². The molecule has 2 aromatic carbocycles. The summed E-state index contributed by atoms with van der Waals surface area (Å²) in [5.74, 6) is 1.45. The lowest BCUT2D eigenvalue weighted by Crippen LogP contribution is -2.49. The van der Waals surface area contributed by atoms with Crippen LogP contribution in [0.15, 0.2) is 30.3 Å². The van der Waals surface area contributed by atoms with E-state index in [2.05, 4.69) is 0 Å². The Morgan fingerprint density at radius 2 is 2.09 bits per heavy atom. The zero-order chi connectivity index (χ0) is 15.8. The Morgan fingerprint density at radius 1 is 1.26 bits per heavy atom. The average Bonchev–Trinajstić information content (AvgIpc) is 3.00. The molecule has 23 heavy (non-hydrogen) atoms. The van der Waals surface area contributed by atoms with Gasteiger partial charge in [-0.15, -0.1) is 0 Å². The molecule has 2 heterocycles. The molecule has 5 heteroatoms. The number of benzene rings is 2. The molecule has 3 aliphatic rings. The summed E-state index contributed by atoms with van der Waals surface area (Å²) in [7, 11) is 1.65. The lowest BCUT2D eigenvalue weighted by molar-refractivity contribution is -0.899. The standard InChI is InChI=1S/C18H17NO4/c1-19(21)7-6-10-8-13-18(23-9-22-13)15-11-4-2-3-5-12(11)17(20)16(19)14(10)15/h2-5,8,16-17,20H,6-7,9H2,1H3/t16-,17+,19?/m1/s1. The maximum absolute atomic E-state index is 13.1. The summed E-state index contributed by atoms with van der Waals surface area (Å²) in [6.07, 6.45) is -0.120. The summed E-state index contributed by atoms with van der Waals surface area (Å²) < 4.78 is 10.8. The summed E-state index contributed by atoms with van der Waals surface area (Å²) in [6.45, 7) is 0.653. The van der Waals surface area contributed by atoms with Gasteiger partial charge in [-0.1, -0.05) is 24.3 Å².